The number of hydrogen-bond donors (Lipinski definition) is 1. The van der Waals surface area contributed by atoms with E-state index >= 15 is 0 Å². The van der Waals surface area contributed by atoms with Gasteiger partial charge in [0.05, 0.1) is 18.9 Å². The second-order valence-corrected chi connectivity index (χ2v) is 4.17. The number of carboxylic acid groups (broad SMARTS) is 1. The molecule has 102 valence electrons. The summed E-state index contributed by atoms with van der Waals surface area (Å²) in [6, 6.07) is 0.843. The Morgan fingerprint density at radius 2 is 2.37 bits per heavy atom. The monoisotopic (exact) mass is 265 g/mol. The molecule has 0 bridgehead atoms. The molecule has 19 heavy (non-hydrogen) atoms. The standard InChI is InChI=1S/C12H15N3O4/c1-14-9(4-5-13-14)2-3-11(16)15-6-7-19-8-10(15)12(17)18/h2-5,10H,6-8H2,1H3,(H,17,18)/b3-2-/t10-/m1/s1. The number of nitrogens with zero attached hydrogens (tertiary/aromatic N) is 3. The molecule has 1 atom stereocenters. The average molecular weight is 265 g/mol. The van der Waals surface area contributed by atoms with E-state index in [0.29, 0.717) is 6.61 Å². The van der Waals surface area contributed by atoms with Gasteiger partial charge in [-0.15, -0.1) is 0 Å². The minimum Gasteiger partial charge on any atom is -0.480 e. The van der Waals surface area contributed by atoms with Crippen LogP contribution in [0.5, 0.6) is 0 Å². The Balaban J connectivity index is 2.08. The number of rotatable bonds is 3. The molecule has 1 aliphatic rings. The minimum atomic E-state index is -1.05. The van der Waals surface area contributed by atoms with Gasteiger partial charge in [-0.25, -0.2) is 4.79 Å². The van der Waals surface area contributed by atoms with Gasteiger partial charge >= 0.3 is 5.97 Å². The first-order valence-corrected chi connectivity index (χ1v) is 5.87. The van der Waals surface area contributed by atoms with Gasteiger partial charge in [-0.1, -0.05) is 0 Å². The van der Waals surface area contributed by atoms with E-state index in [1.807, 2.05) is 0 Å². The van der Waals surface area contributed by atoms with E-state index in [0.717, 1.165) is 5.69 Å². The maximum Gasteiger partial charge on any atom is 0.328 e. The predicted molar refractivity (Wildman–Crippen MR) is 66.2 cm³/mol. The average Bonchev–Trinajstić information content (AvgIpc) is 2.81. The van der Waals surface area contributed by atoms with Crippen molar-refractivity contribution in [2.75, 3.05) is 19.8 Å². The normalized spacial score (nSPS) is 19.8. The van der Waals surface area contributed by atoms with Gasteiger partial charge < -0.3 is 14.7 Å². The van der Waals surface area contributed by atoms with Gasteiger partial charge in [0, 0.05) is 25.9 Å². The summed E-state index contributed by atoms with van der Waals surface area (Å²) < 4.78 is 6.70. The van der Waals surface area contributed by atoms with Gasteiger partial charge in [0.2, 0.25) is 5.91 Å². The Bertz CT molecular complexity index is 509. The predicted octanol–water partition coefficient (Wildman–Crippen LogP) is -0.255. The molecule has 1 fully saturated rings. The number of morpholine rings is 1. The zero-order valence-electron chi connectivity index (χ0n) is 10.5. The molecule has 0 spiro atoms. The number of aryl methyl sites for hydroxylation is 1. The molecule has 1 aromatic rings. The highest BCUT2D eigenvalue weighted by molar-refractivity contribution is 5.94. The quantitative estimate of drug-likeness (QED) is 0.761. The van der Waals surface area contributed by atoms with Gasteiger partial charge in [0.25, 0.3) is 0 Å². The third-order valence-corrected chi connectivity index (χ3v) is 2.95. The van der Waals surface area contributed by atoms with Crippen molar-refractivity contribution in [2.45, 2.75) is 6.04 Å². The van der Waals surface area contributed by atoms with Crippen LogP contribution < -0.4 is 0 Å². The van der Waals surface area contributed by atoms with Crippen LogP contribution >= 0.6 is 0 Å². The molecule has 0 saturated carbocycles. The number of amides is 1. The lowest BCUT2D eigenvalue weighted by atomic mass is 10.2. The van der Waals surface area contributed by atoms with Gasteiger partial charge in [-0.05, 0) is 12.1 Å². The van der Waals surface area contributed by atoms with Crippen molar-refractivity contribution in [1.29, 1.82) is 0 Å². The van der Waals surface area contributed by atoms with Crippen LogP contribution in [-0.4, -0.2) is 57.5 Å². The smallest absolute Gasteiger partial charge is 0.328 e. The number of carbonyl (C=O) groups excluding carboxylic acids is 1. The maximum atomic E-state index is 12.0. The van der Waals surface area contributed by atoms with Crippen LogP contribution in [0.4, 0.5) is 0 Å². The highest BCUT2D eigenvalue weighted by Gasteiger charge is 2.31. The van der Waals surface area contributed by atoms with Crippen LogP contribution in [0.1, 0.15) is 5.69 Å². The lowest BCUT2D eigenvalue weighted by Gasteiger charge is -2.31. The summed E-state index contributed by atoms with van der Waals surface area (Å²) in [4.78, 5) is 24.4. The van der Waals surface area contributed by atoms with Crippen molar-refractivity contribution >= 4 is 18.0 Å². The first-order valence-electron chi connectivity index (χ1n) is 5.87. The van der Waals surface area contributed by atoms with E-state index in [9.17, 15) is 9.59 Å². The Kier molecular flexibility index (Phi) is 3.96. The first kappa shape index (κ1) is 13.3. The van der Waals surface area contributed by atoms with Crippen LogP contribution in [-0.2, 0) is 21.4 Å². The largest absolute Gasteiger partial charge is 0.480 e. The lowest BCUT2D eigenvalue weighted by molar-refractivity contribution is -0.156. The summed E-state index contributed by atoms with van der Waals surface area (Å²) >= 11 is 0. The fourth-order valence-corrected chi connectivity index (χ4v) is 1.87. The second kappa shape index (κ2) is 5.66. The highest BCUT2D eigenvalue weighted by Crippen LogP contribution is 2.09. The van der Waals surface area contributed by atoms with Crippen LogP contribution in [0.2, 0.25) is 0 Å². The molecular formula is C12H15N3O4. The zero-order chi connectivity index (χ0) is 13.8. The van der Waals surface area contributed by atoms with E-state index in [1.165, 1.54) is 11.0 Å². The van der Waals surface area contributed by atoms with Crippen molar-refractivity contribution in [3.05, 3.63) is 24.0 Å². The van der Waals surface area contributed by atoms with E-state index < -0.39 is 12.0 Å². The molecule has 2 rings (SSSR count). The molecule has 2 heterocycles. The van der Waals surface area contributed by atoms with Gasteiger partial charge in [-0.3, -0.25) is 9.48 Å². The molecule has 1 amide bonds. The van der Waals surface area contributed by atoms with Gasteiger partial charge in [0.15, 0.2) is 6.04 Å². The molecule has 1 N–H and O–H groups in total. The summed E-state index contributed by atoms with van der Waals surface area (Å²) in [5.74, 6) is -1.39. The van der Waals surface area contributed by atoms with E-state index in [-0.39, 0.29) is 19.1 Å². The number of aliphatic carboxylic acids is 1. The molecule has 1 saturated heterocycles. The summed E-state index contributed by atoms with van der Waals surface area (Å²) in [6.07, 6.45) is 4.60. The topological polar surface area (TPSA) is 84.7 Å². The van der Waals surface area contributed by atoms with E-state index in [1.54, 1.807) is 30.1 Å². The van der Waals surface area contributed by atoms with Gasteiger partial charge in [0.1, 0.15) is 0 Å². The molecule has 0 radical (unpaired) electrons. The third kappa shape index (κ3) is 3.00. The Morgan fingerprint density at radius 1 is 1.58 bits per heavy atom. The fraction of sp³-hybridized carbons (Fsp3) is 0.417. The molecule has 1 aromatic heterocycles. The molecule has 0 aliphatic carbocycles. The molecule has 7 nitrogen and oxygen atoms in total. The maximum absolute atomic E-state index is 12.0. The van der Waals surface area contributed by atoms with Crippen molar-refractivity contribution in [3.63, 3.8) is 0 Å². The number of carboxylic acids is 1. The number of hydrogen-bond acceptors (Lipinski definition) is 4. The van der Waals surface area contributed by atoms with Crippen molar-refractivity contribution < 1.29 is 19.4 Å². The van der Waals surface area contributed by atoms with Crippen molar-refractivity contribution in [1.82, 2.24) is 14.7 Å². The minimum absolute atomic E-state index is 0.0284. The molecule has 7 heteroatoms. The molecule has 0 unspecified atom stereocenters. The fourth-order valence-electron chi connectivity index (χ4n) is 1.87. The van der Waals surface area contributed by atoms with Crippen LogP contribution in [0.3, 0.4) is 0 Å². The SMILES string of the molecule is Cn1nccc1/C=C\C(=O)N1CCOC[C@@H]1C(=O)O. The van der Waals surface area contributed by atoms with E-state index in [4.69, 9.17) is 9.84 Å². The summed E-state index contributed by atoms with van der Waals surface area (Å²) in [5, 5.41) is 13.0. The molecule has 0 aromatic carbocycles. The van der Waals surface area contributed by atoms with Crippen molar-refractivity contribution in [2.24, 2.45) is 7.05 Å². The summed E-state index contributed by atoms with van der Waals surface area (Å²) in [5.41, 5.74) is 0.772. The number of carbonyl (C=O) groups is 2. The van der Waals surface area contributed by atoms with E-state index in [2.05, 4.69) is 5.10 Å². The highest BCUT2D eigenvalue weighted by atomic mass is 16.5. The summed E-state index contributed by atoms with van der Waals surface area (Å²) in [7, 11) is 1.76. The Labute approximate surface area is 110 Å². The van der Waals surface area contributed by atoms with Gasteiger partial charge in [-0.2, -0.15) is 5.10 Å². The van der Waals surface area contributed by atoms with Crippen LogP contribution in [0.25, 0.3) is 6.08 Å². The Morgan fingerprint density at radius 3 is 3.00 bits per heavy atom. The van der Waals surface area contributed by atoms with Crippen LogP contribution in [0.15, 0.2) is 18.3 Å². The first-order chi connectivity index (χ1) is 9.09. The molecular weight excluding hydrogens is 250 g/mol. The van der Waals surface area contributed by atoms with Crippen molar-refractivity contribution in [3.8, 4) is 0 Å². The van der Waals surface area contributed by atoms with Crippen LogP contribution in [0, 0.1) is 0 Å². The molecule has 1 aliphatic heterocycles. The third-order valence-electron chi connectivity index (χ3n) is 2.95. The number of ether oxygens (including phenoxy) is 1. The summed E-state index contributed by atoms with van der Waals surface area (Å²) in [6.45, 7) is 0.668. The second-order valence-electron chi connectivity index (χ2n) is 4.17. The lowest BCUT2D eigenvalue weighted by Crippen LogP contribution is -2.52. The number of aromatic nitrogens is 2. The zero-order valence-corrected chi connectivity index (χ0v) is 10.5. The Hall–Kier alpha value is -2.15.